The number of fused-ring (bicyclic) bond motifs is 1. The van der Waals surface area contributed by atoms with Crippen molar-refractivity contribution in [1.82, 2.24) is 10.3 Å². The second-order valence-corrected chi connectivity index (χ2v) is 5.37. The number of hydrogen-bond acceptors (Lipinski definition) is 3. The van der Waals surface area contributed by atoms with Gasteiger partial charge in [0.1, 0.15) is 0 Å². The van der Waals surface area contributed by atoms with Gasteiger partial charge in [-0.2, -0.15) is 0 Å². The molecule has 1 amide bonds. The van der Waals surface area contributed by atoms with Gasteiger partial charge in [-0.25, -0.2) is 0 Å². The number of carbonyl (C=O) groups is 1. The standard InChI is InChI=1S/C16H19N3O/c20-16(9-12-3-2-7-17-10-12)19-15-5-1-4-13-6-8-18-11-14(13)15/h1,4-6,8,11-12,17H,2-3,7,9-10H2,(H,19,20). The molecule has 3 rings (SSSR count). The molecule has 0 saturated carbocycles. The Morgan fingerprint density at radius 3 is 3.20 bits per heavy atom. The summed E-state index contributed by atoms with van der Waals surface area (Å²) >= 11 is 0. The van der Waals surface area contributed by atoms with Gasteiger partial charge in [0.15, 0.2) is 0 Å². The van der Waals surface area contributed by atoms with Crippen LogP contribution in [0.2, 0.25) is 0 Å². The Bertz CT molecular complexity index is 600. The molecule has 0 spiro atoms. The number of nitrogens with one attached hydrogen (secondary N) is 2. The zero-order valence-corrected chi connectivity index (χ0v) is 11.4. The lowest BCUT2D eigenvalue weighted by molar-refractivity contribution is -0.117. The van der Waals surface area contributed by atoms with Crippen LogP contribution in [0.5, 0.6) is 0 Å². The number of rotatable bonds is 3. The number of piperidine rings is 1. The van der Waals surface area contributed by atoms with Crippen LogP contribution in [0.25, 0.3) is 10.8 Å². The van der Waals surface area contributed by atoms with Crippen LogP contribution in [-0.2, 0) is 4.79 Å². The molecule has 1 aromatic carbocycles. The molecule has 1 aliphatic rings. The molecule has 4 heteroatoms. The van der Waals surface area contributed by atoms with E-state index in [2.05, 4.69) is 15.6 Å². The van der Waals surface area contributed by atoms with E-state index >= 15 is 0 Å². The van der Waals surface area contributed by atoms with Gasteiger partial charge in [-0.05, 0) is 49.4 Å². The molecule has 20 heavy (non-hydrogen) atoms. The third kappa shape index (κ3) is 2.96. The molecule has 2 N–H and O–H groups in total. The summed E-state index contributed by atoms with van der Waals surface area (Å²) in [5.41, 5.74) is 0.851. The minimum atomic E-state index is 0.0926. The maximum atomic E-state index is 12.2. The number of hydrogen-bond donors (Lipinski definition) is 2. The monoisotopic (exact) mass is 269 g/mol. The van der Waals surface area contributed by atoms with E-state index in [4.69, 9.17) is 0 Å². The molecule has 1 aliphatic heterocycles. The van der Waals surface area contributed by atoms with E-state index in [9.17, 15) is 4.79 Å². The van der Waals surface area contributed by atoms with Gasteiger partial charge in [0.05, 0.1) is 5.69 Å². The average molecular weight is 269 g/mol. The molecule has 2 aromatic rings. The first-order chi connectivity index (χ1) is 9.83. The van der Waals surface area contributed by atoms with Gasteiger partial charge in [-0.3, -0.25) is 9.78 Å². The topological polar surface area (TPSA) is 54.0 Å². The molecule has 2 heterocycles. The van der Waals surface area contributed by atoms with Gasteiger partial charge in [0.2, 0.25) is 5.91 Å². The molecule has 0 radical (unpaired) electrons. The highest BCUT2D eigenvalue weighted by Crippen LogP contribution is 2.23. The van der Waals surface area contributed by atoms with E-state index in [-0.39, 0.29) is 5.91 Å². The summed E-state index contributed by atoms with van der Waals surface area (Å²) in [4.78, 5) is 16.3. The molecule has 1 unspecified atom stereocenters. The van der Waals surface area contributed by atoms with Crippen LogP contribution in [0.4, 0.5) is 5.69 Å². The fourth-order valence-corrected chi connectivity index (χ4v) is 2.78. The van der Waals surface area contributed by atoms with Crippen LogP contribution in [0, 0.1) is 5.92 Å². The SMILES string of the molecule is O=C(CC1CCCNC1)Nc1cccc2ccncc12. The molecule has 4 nitrogen and oxygen atoms in total. The van der Waals surface area contributed by atoms with Crippen molar-refractivity contribution in [3.8, 4) is 0 Å². The Balaban J connectivity index is 1.71. The summed E-state index contributed by atoms with van der Waals surface area (Å²) in [5.74, 6) is 0.548. The summed E-state index contributed by atoms with van der Waals surface area (Å²) in [6.45, 7) is 2.03. The summed E-state index contributed by atoms with van der Waals surface area (Å²) in [5, 5.41) is 8.45. The van der Waals surface area contributed by atoms with Crippen molar-refractivity contribution in [2.75, 3.05) is 18.4 Å². The van der Waals surface area contributed by atoms with Crippen LogP contribution in [-0.4, -0.2) is 24.0 Å². The number of pyridine rings is 1. The predicted molar refractivity (Wildman–Crippen MR) is 80.6 cm³/mol. The van der Waals surface area contributed by atoms with E-state index in [1.807, 2.05) is 24.3 Å². The molecule has 1 fully saturated rings. The Labute approximate surface area is 118 Å². The zero-order valence-electron chi connectivity index (χ0n) is 11.4. The lowest BCUT2D eigenvalue weighted by atomic mass is 9.96. The van der Waals surface area contributed by atoms with Gasteiger partial charge >= 0.3 is 0 Å². The van der Waals surface area contributed by atoms with E-state index in [1.54, 1.807) is 12.4 Å². The number of benzene rings is 1. The van der Waals surface area contributed by atoms with Crippen LogP contribution in [0.1, 0.15) is 19.3 Å². The molecule has 1 saturated heterocycles. The lowest BCUT2D eigenvalue weighted by Gasteiger charge is -2.22. The highest BCUT2D eigenvalue weighted by molar-refractivity contribution is 6.01. The highest BCUT2D eigenvalue weighted by atomic mass is 16.1. The third-order valence-electron chi connectivity index (χ3n) is 3.83. The minimum absolute atomic E-state index is 0.0926. The maximum absolute atomic E-state index is 12.2. The summed E-state index contributed by atoms with van der Waals surface area (Å²) in [6, 6.07) is 7.87. The molecule has 1 aromatic heterocycles. The lowest BCUT2D eigenvalue weighted by Crippen LogP contribution is -2.32. The summed E-state index contributed by atoms with van der Waals surface area (Å²) in [7, 11) is 0. The Kier molecular flexibility index (Phi) is 3.92. The van der Waals surface area contributed by atoms with Crippen molar-refractivity contribution < 1.29 is 4.79 Å². The highest BCUT2D eigenvalue weighted by Gasteiger charge is 2.17. The van der Waals surface area contributed by atoms with Crippen LogP contribution in [0.15, 0.2) is 36.7 Å². The maximum Gasteiger partial charge on any atom is 0.224 e. The Morgan fingerprint density at radius 1 is 1.40 bits per heavy atom. The quantitative estimate of drug-likeness (QED) is 0.900. The first kappa shape index (κ1) is 13.1. The van der Waals surface area contributed by atoms with Crippen molar-refractivity contribution in [1.29, 1.82) is 0 Å². The summed E-state index contributed by atoms with van der Waals surface area (Å²) in [6.07, 6.45) is 6.45. The van der Waals surface area contributed by atoms with E-state index in [0.717, 1.165) is 42.4 Å². The number of anilines is 1. The average Bonchev–Trinajstić information content (AvgIpc) is 2.48. The second-order valence-electron chi connectivity index (χ2n) is 5.37. The molecule has 1 atom stereocenters. The smallest absolute Gasteiger partial charge is 0.224 e. The largest absolute Gasteiger partial charge is 0.325 e. The third-order valence-corrected chi connectivity index (χ3v) is 3.83. The molecular weight excluding hydrogens is 250 g/mol. The van der Waals surface area contributed by atoms with Crippen molar-refractivity contribution in [2.24, 2.45) is 5.92 Å². The minimum Gasteiger partial charge on any atom is -0.325 e. The van der Waals surface area contributed by atoms with Crippen molar-refractivity contribution >= 4 is 22.4 Å². The van der Waals surface area contributed by atoms with Gasteiger partial charge in [-0.1, -0.05) is 12.1 Å². The molecule has 0 bridgehead atoms. The van der Waals surface area contributed by atoms with Gasteiger partial charge in [0.25, 0.3) is 0 Å². The first-order valence-corrected chi connectivity index (χ1v) is 7.16. The molecule has 104 valence electrons. The van der Waals surface area contributed by atoms with Gasteiger partial charge < -0.3 is 10.6 Å². The zero-order chi connectivity index (χ0) is 13.8. The first-order valence-electron chi connectivity index (χ1n) is 7.16. The Morgan fingerprint density at radius 2 is 2.35 bits per heavy atom. The van der Waals surface area contributed by atoms with Crippen LogP contribution in [0.3, 0.4) is 0 Å². The number of carbonyl (C=O) groups excluding carboxylic acids is 1. The number of nitrogens with zero attached hydrogens (tertiary/aromatic N) is 1. The van der Waals surface area contributed by atoms with Gasteiger partial charge in [-0.15, -0.1) is 0 Å². The van der Waals surface area contributed by atoms with E-state index in [1.165, 1.54) is 0 Å². The number of aromatic nitrogens is 1. The normalized spacial score (nSPS) is 18.9. The molecule has 0 aliphatic carbocycles. The van der Waals surface area contributed by atoms with Gasteiger partial charge in [0, 0.05) is 24.2 Å². The number of amides is 1. The van der Waals surface area contributed by atoms with Crippen molar-refractivity contribution in [3.05, 3.63) is 36.7 Å². The fourth-order valence-electron chi connectivity index (χ4n) is 2.78. The van der Waals surface area contributed by atoms with Crippen molar-refractivity contribution in [3.63, 3.8) is 0 Å². The fraction of sp³-hybridized carbons (Fsp3) is 0.375. The summed E-state index contributed by atoms with van der Waals surface area (Å²) < 4.78 is 0. The predicted octanol–water partition coefficient (Wildman–Crippen LogP) is 2.56. The van der Waals surface area contributed by atoms with E-state index in [0.29, 0.717) is 12.3 Å². The van der Waals surface area contributed by atoms with Crippen molar-refractivity contribution in [2.45, 2.75) is 19.3 Å². The van der Waals surface area contributed by atoms with E-state index < -0.39 is 0 Å². The Hall–Kier alpha value is -1.94. The molecular formula is C16H19N3O. The van der Waals surface area contributed by atoms with Crippen LogP contribution < -0.4 is 10.6 Å². The second kappa shape index (κ2) is 6.01. The van der Waals surface area contributed by atoms with Crippen LogP contribution >= 0.6 is 0 Å².